The zero-order valence-corrected chi connectivity index (χ0v) is 18.6. The normalized spacial score (nSPS) is 54.8. The second-order valence-corrected chi connectivity index (χ2v) is 10.0. The first-order valence-electron chi connectivity index (χ1n) is 11.8. The highest BCUT2D eigenvalue weighted by Crippen LogP contribution is 2.43. The topological polar surface area (TPSA) is 158 Å². The van der Waals surface area contributed by atoms with Gasteiger partial charge in [-0.05, 0) is 51.4 Å². The van der Waals surface area contributed by atoms with E-state index in [1.165, 1.54) is 0 Å². The molecule has 4 aliphatic rings. The van der Waals surface area contributed by atoms with Gasteiger partial charge in [-0.3, -0.25) is 0 Å². The molecule has 2 saturated heterocycles. The zero-order chi connectivity index (χ0) is 23.2. The van der Waals surface area contributed by atoms with E-state index in [9.17, 15) is 30.6 Å². The fourth-order valence-corrected chi connectivity index (χ4v) is 5.97. The molecule has 0 aromatic carbocycles. The van der Waals surface area contributed by atoms with Gasteiger partial charge in [-0.15, -0.1) is 0 Å². The van der Waals surface area contributed by atoms with Crippen molar-refractivity contribution in [3.63, 3.8) is 0 Å². The lowest BCUT2D eigenvalue weighted by Gasteiger charge is -2.51. The molecule has 0 radical (unpaired) electrons. The lowest BCUT2D eigenvalue weighted by molar-refractivity contribution is -0.328. The van der Waals surface area contributed by atoms with Crippen molar-refractivity contribution in [2.75, 3.05) is 7.11 Å². The summed E-state index contributed by atoms with van der Waals surface area (Å²) in [4.78, 5) is 0. The molecule has 4 rings (SSSR count). The highest BCUT2D eigenvalue weighted by molar-refractivity contribution is 4.99. The van der Waals surface area contributed by atoms with E-state index in [-0.39, 0.29) is 30.5 Å². The minimum absolute atomic E-state index is 0.0489. The Kier molecular flexibility index (Phi) is 7.78. The van der Waals surface area contributed by atoms with Crippen molar-refractivity contribution in [2.24, 2.45) is 11.8 Å². The number of aliphatic hydroxyl groups is 6. The van der Waals surface area contributed by atoms with Crippen molar-refractivity contribution < 1.29 is 49.6 Å². The predicted molar refractivity (Wildman–Crippen MR) is 109 cm³/mol. The molecule has 2 heterocycles. The van der Waals surface area contributed by atoms with Crippen molar-refractivity contribution in [3.8, 4) is 0 Å². The van der Waals surface area contributed by atoms with E-state index in [2.05, 4.69) is 0 Å². The maximum Gasteiger partial charge on any atom is 0.186 e. The Morgan fingerprint density at radius 2 is 1.50 bits per heavy atom. The Bertz CT molecular complexity index is 622. The average Bonchev–Trinajstić information content (AvgIpc) is 2.75. The van der Waals surface area contributed by atoms with Gasteiger partial charge in [-0.25, -0.2) is 0 Å². The van der Waals surface area contributed by atoms with Crippen LogP contribution < -0.4 is 0 Å². The van der Waals surface area contributed by atoms with E-state index < -0.39 is 61.2 Å². The van der Waals surface area contributed by atoms with Crippen LogP contribution >= 0.6 is 0 Å². The van der Waals surface area contributed by atoms with Gasteiger partial charge >= 0.3 is 0 Å². The van der Waals surface area contributed by atoms with E-state index in [1.54, 1.807) is 14.0 Å². The third-order valence-corrected chi connectivity index (χ3v) is 7.87. The SMILES string of the molecule is COC1CCC(C2OC3CC(O)CC(O)C3CC2O[C@@H]2O[C@@H](C)[C@H](O)[C@@H](O)[C@H]2O)CC1O. The Balaban J connectivity index is 1.53. The molecular formula is C22H38O10. The molecule has 10 nitrogen and oxygen atoms in total. The van der Waals surface area contributed by atoms with Crippen LogP contribution in [-0.4, -0.2) is 111 Å². The third-order valence-electron chi connectivity index (χ3n) is 7.87. The molecule has 0 bridgehead atoms. The molecule has 2 saturated carbocycles. The summed E-state index contributed by atoms with van der Waals surface area (Å²) in [6.07, 6.45) is -6.58. The molecule has 4 fully saturated rings. The number of methoxy groups -OCH3 is 1. The molecule has 0 spiro atoms. The number of ether oxygens (including phenoxy) is 4. The van der Waals surface area contributed by atoms with Crippen LogP contribution in [0.15, 0.2) is 0 Å². The van der Waals surface area contributed by atoms with Gasteiger partial charge in [-0.2, -0.15) is 0 Å². The molecule has 0 aromatic rings. The summed E-state index contributed by atoms with van der Waals surface area (Å²) in [6, 6.07) is 0. The molecule has 2 aliphatic heterocycles. The number of hydrogen-bond donors (Lipinski definition) is 6. The van der Waals surface area contributed by atoms with Crippen LogP contribution in [0.4, 0.5) is 0 Å². The fourth-order valence-electron chi connectivity index (χ4n) is 5.97. The molecule has 2 aliphatic carbocycles. The predicted octanol–water partition coefficient (Wildman–Crippen LogP) is -1.34. The second-order valence-electron chi connectivity index (χ2n) is 10.0. The van der Waals surface area contributed by atoms with Gasteiger partial charge in [0, 0.05) is 13.0 Å². The van der Waals surface area contributed by atoms with Crippen LogP contribution in [0.1, 0.15) is 45.4 Å². The largest absolute Gasteiger partial charge is 0.393 e. The van der Waals surface area contributed by atoms with Crippen molar-refractivity contribution in [2.45, 2.75) is 119 Å². The van der Waals surface area contributed by atoms with Gasteiger partial charge in [0.15, 0.2) is 6.29 Å². The first-order chi connectivity index (χ1) is 15.2. The van der Waals surface area contributed by atoms with E-state index in [0.717, 1.165) is 6.42 Å². The number of hydrogen-bond acceptors (Lipinski definition) is 10. The summed E-state index contributed by atoms with van der Waals surface area (Å²) >= 11 is 0. The van der Waals surface area contributed by atoms with Gasteiger partial charge in [0.1, 0.15) is 18.3 Å². The third kappa shape index (κ3) is 4.86. The Morgan fingerprint density at radius 1 is 0.750 bits per heavy atom. The summed E-state index contributed by atoms with van der Waals surface area (Å²) < 4.78 is 23.6. The number of aliphatic hydroxyl groups excluding tert-OH is 6. The average molecular weight is 463 g/mol. The number of fused-ring (bicyclic) bond motifs is 1. The minimum Gasteiger partial charge on any atom is -0.393 e. The first-order valence-corrected chi connectivity index (χ1v) is 11.8. The molecule has 9 unspecified atom stereocenters. The maximum atomic E-state index is 10.6. The molecule has 32 heavy (non-hydrogen) atoms. The Labute approximate surface area is 188 Å². The van der Waals surface area contributed by atoms with Crippen molar-refractivity contribution in [1.82, 2.24) is 0 Å². The van der Waals surface area contributed by atoms with Crippen LogP contribution in [0.25, 0.3) is 0 Å². The van der Waals surface area contributed by atoms with E-state index in [4.69, 9.17) is 18.9 Å². The smallest absolute Gasteiger partial charge is 0.186 e. The molecule has 0 aromatic heterocycles. The molecule has 6 N–H and O–H groups in total. The molecular weight excluding hydrogens is 424 g/mol. The Morgan fingerprint density at radius 3 is 2.19 bits per heavy atom. The summed E-state index contributed by atoms with van der Waals surface area (Å²) in [7, 11) is 1.58. The van der Waals surface area contributed by atoms with E-state index in [1.807, 2.05) is 0 Å². The standard InChI is InChI=1S/C22H38O10/c1-9-18(26)19(27)20(28)22(30-9)32-17-8-12-13(24)6-11(23)7-16(12)31-21(17)10-3-4-15(29-2)14(25)5-10/h9-28H,3-8H2,1-2H3/t9-,10?,11?,12?,13?,14?,15?,16?,17?,18-,19+,20+,21?,22-/m0/s1. The summed E-state index contributed by atoms with van der Waals surface area (Å²) in [5.74, 6) is -0.291. The highest BCUT2D eigenvalue weighted by atomic mass is 16.7. The monoisotopic (exact) mass is 462 g/mol. The second kappa shape index (κ2) is 10.1. The number of rotatable bonds is 4. The van der Waals surface area contributed by atoms with Crippen LogP contribution in [0.2, 0.25) is 0 Å². The van der Waals surface area contributed by atoms with Gasteiger partial charge in [0.05, 0.1) is 48.8 Å². The van der Waals surface area contributed by atoms with Gasteiger partial charge in [0.25, 0.3) is 0 Å². The van der Waals surface area contributed by atoms with E-state index in [0.29, 0.717) is 25.7 Å². The summed E-state index contributed by atoms with van der Waals surface area (Å²) in [5.41, 5.74) is 0. The van der Waals surface area contributed by atoms with Gasteiger partial charge in [0.2, 0.25) is 0 Å². The van der Waals surface area contributed by atoms with Crippen LogP contribution in [0.5, 0.6) is 0 Å². The van der Waals surface area contributed by atoms with Gasteiger partial charge < -0.3 is 49.6 Å². The lowest BCUT2D eigenvalue weighted by Crippen LogP contribution is -2.61. The summed E-state index contributed by atoms with van der Waals surface area (Å²) in [6.45, 7) is 1.59. The fraction of sp³-hybridized carbons (Fsp3) is 1.00. The maximum absolute atomic E-state index is 10.6. The quantitative estimate of drug-likeness (QED) is 0.295. The van der Waals surface area contributed by atoms with Crippen molar-refractivity contribution in [1.29, 1.82) is 0 Å². The van der Waals surface area contributed by atoms with Crippen molar-refractivity contribution in [3.05, 3.63) is 0 Å². The zero-order valence-electron chi connectivity index (χ0n) is 18.6. The molecule has 0 amide bonds. The highest BCUT2D eigenvalue weighted by Gasteiger charge is 2.51. The van der Waals surface area contributed by atoms with Crippen LogP contribution in [0.3, 0.4) is 0 Å². The Hall–Kier alpha value is -0.400. The summed E-state index contributed by atoms with van der Waals surface area (Å²) in [5, 5.41) is 61.8. The lowest BCUT2D eigenvalue weighted by atomic mass is 9.72. The van der Waals surface area contributed by atoms with Crippen LogP contribution in [-0.2, 0) is 18.9 Å². The van der Waals surface area contributed by atoms with E-state index >= 15 is 0 Å². The minimum atomic E-state index is -1.44. The molecule has 186 valence electrons. The van der Waals surface area contributed by atoms with Gasteiger partial charge in [-0.1, -0.05) is 0 Å². The van der Waals surface area contributed by atoms with Crippen molar-refractivity contribution >= 4 is 0 Å². The first kappa shape index (κ1) is 24.7. The van der Waals surface area contributed by atoms with Crippen LogP contribution in [0, 0.1) is 11.8 Å². The molecule has 14 atom stereocenters. The molecule has 10 heteroatoms.